The van der Waals surface area contributed by atoms with Crippen LogP contribution in [0.4, 0.5) is 4.79 Å². The molecule has 0 bridgehead atoms. The van der Waals surface area contributed by atoms with Crippen LogP contribution in [-0.2, 0) is 53.0 Å². The molecule has 12 nitrogen and oxygen atoms in total. The van der Waals surface area contributed by atoms with Gasteiger partial charge in [0.1, 0.15) is 25.9 Å². The van der Waals surface area contributed by atoms with Crippen molar-refractivity contribution in [1.82, 2.24) is 16.0 Å². The van der Waals surface area contributed by atoms with Gasteiger partial charge in [-0.2, -0.15) is 0 Å². The van der Waals surface area contributed by atoms with Crippen LogP contribution in [0.1, 0.15) is 36.0 Å². The summed E-state index contributed by atoms with van der Waals surface area (Å²) in [6.07, 6.45) is 2.58. The number of hydrogen-bond donors (Lipinski definition) is 4. The fourth-order valence-electron chi connectivity index (χ4n) is 5.02. The van der Waals surface area contributed by atoms with E-state index in [4.69, 9.17) is 14.2 Å². The summed E-state index contributed by atoms with van der Waals surface area (Å²) in [6, 6.07) is 24.1. The lowest BCUT2D eigenvalue weighted by atomic mass is 9.97. The first kappa shape index (κ1) is 36.3. The minimum absolute atomic E-state index is 0.00735. The predicted molar refractivity (Wildman–Crippen MR) is 178 cm³/mol. The van der Waals surface area contributed by atoms with Gasteiger partial charge in [-0.25, -0.2) is 14.4 Å². The molecule has 0 spiro atoms. The van der Waals surface area contributed by atoms with E-state index in [1.807, 2.05) is 42.5 Å². The van der Waals surface area contributed by atoms with Gasteiger partial charge in [0.2, 0.25) is 11.8 Å². The smallest absolute Gasteiger partial charge is 0.408 e. The van der Waals surface area contributed by atoms with Crippen LogP contribution < -0.4 is 16.0 Å². The largest absolute Gasteiger partial charge is 0.461 e. The van der Waals surface area contributed by atoms with Crippen LogP contribution in [0.3, 0.4) is 0 Å². The Balaban J connectivity index is 1.45. The third-order valence-corrected chi connectivity index (χ3v) is 7.68. The van der Waals surface area contributed by atoms with Gasteiger partial charge in [-0.1, -0.05) is 103 Å². The Labute approximate surface area is 284 Å². The number of alkyl carbamates (subject to hydrolysis) is 1. The van der Waals surface area contributed by atoms with E-state index in [0.29, 0.717) is 12.0 Å². The fourth-order valence-corrected chi connectivity index (χ4v) is 5.02. The zero-order chi connectivity index (χ0) is 34.8. The van der Waals surface area contributed by atoms with Gasteiger partial charge in [-0.05, 0) is 36.0 Å². The van der Waals surface area contributed by atoms with E-state index in [1.54, 1.807) is 60.7 Å². The Morgan fingerprint density at radius 3 is 2.00 bits per heavy atom. The number of nitrogens with one attached hydrogen (secondary N) is 3. The van der Waals surface area contributed by atoms with Crippen molar-refractivity contribution < 1.29 is 43.3 Å². The van der Waals surface area contributed by atoms with Gasteiger partial charge in [0.15, 0.2) is 6.04 Å². The number of ether oxygens (including phenoxy) is 3. The molecule has 49 heavy (non-hydrogen) atoms. The van der Waals surface area contributed by atoms with Gasteiger partial charge < -0.3 is 35.3 Å². The number of carbonyl (C=O) groups excluding carboxylic acids is 5. The number of hydrogen-bond acceptors (Lipinski definition) is 9. The zero-order valence-electron chi connectivity index (χ0n) is 27.0. The molecule has 0 saturated heterocycles. The molecule has 0 aromatic heterocycles. The maximum absolute atomic E-state index is 13.5. The quantitative estimate of drug-likeness (QED) is 0.128. The van der Waals surface area contributed by atoms with Crippen LogP contribution in [0, 0.1) is 5.92 Å². The summed E-state index contributed by atoms with van der Waals surface area (Å²) >= 11 is 0. The van der Waals surface area contributed by atoms with Crippen molar-refractivity contribution >= 4 is 29.8 Å². The first-order chi connectivity index (χ1) is 23.8. The van der Waals surface area contributed by atoms with E-state index in [-0.39, 0.29) is 39.1 Å². The second-order valence-electron chi connectivity index (χ2n) is 11.5. The van der Waals surface area contributed by atoms with Crippen molar-refractivity contribution in [1.29, 1.82) is 0 Å². The molecule has 1 aliphatic rings. The van der Waals surface area contributed by atoms with Gasteiger partial charge in [0, 0.05) is 6.42 Å². The molecule has 1 heterocycles. The standard InChI is InChI=1S/C37H41N3O9/c41-22-30(20-26-12-4-1-5-13-26)38-33(42)21-29-18-10-11-19-31(40-37(46)49-24-28-16-8-3-9-17-28)35(44)48-25-32(39-34(29)43)36(45)47-23-27-14-6-2-7-15-27/h1-17,29-32,41H,18-25H2,(H,38,42)(H,39,43)(H,40,46)/t29-,30-,31-,32-/m1/s1. The molecule has 3 aromatic carbocycles. The second kappa shape index (κ2) is 19.4. The highest BCUT2D eigenvalue weighted by atomic mass is 16.6. The van der Waals surface area contributed by atoms with Crippen molar-refractivity contribution in [2.75, 3.05) is 13.2 Å². The lowest BCUT2D eigenvalue weighted by Gasteiger charge is -2.24. The highest BCUT2D eigenvalue weighted by Gasteiger charge is 2.31. The highest BCUT2D eigenvalue weighted by Crippen LogP contribution is 2.15. The molecule has 4 rings (SSSR count). The topological polar surface area (TPSA) is 169 Å². The molecule has 1 aliphatic heterocycles. The van der Waals surface area contributed by atoms with E-state index < -0.39 is 60.5 Å². The summed E-state index contributed by atoms with van der Waals surface area (Å²) in [6.45, 7) is -0.990. The Bertz CT molecular complexity index is 1550. The number of rotatable bonds is 12. The predicted octanol–water partition coefficient (Wildman–Crippen LogP) is 3.13. The van der Waals surface area contributed by atoms with Crippen LogP contribution in [0.2, 0.25) is 0 Å². The van der Waals surface area contributed by atoms with Crippen molar-refractivity contribution in [3.63, 3.8) is 0 Å². The van der Waals surface area contributed by atoms with Gasteiger partial charge >= 0.3 is 18.0 Å². The number of aliphatic hydroxyl groups is 1. The van der Waals surface area contributed by atoms with Crippen molar-refractivity contribution in [3.8, 4) is 0 Å². The number of carbonyl (C=O) groups is 5. The molecule has 4 N–H and O–H groups in total. The van der Waals surface area contributed by atoms with Gasteiger partial charge in [-0.3, -0.25) is 9.59 Å². The Kier molecular flexibility index (Phi) is 14.4. The molecular formula is C37H41N3O9. The summed E-state index contributed by atoms with van der Waals surface area (Å²) in [7, 11) is 0. The minimum atomic E-state index is -1.40. The normalized spacial score (nSPS) is 18.8. The van der Waals surface area contributed by atoms with Crippen LogP contribution in [0.5, 0.6) is 0 Å². The molecule has 0 fully saturated rings. The van der Waals surface area contributed by atoms with E-state index in [2.05, 4.69) is 16.0 Å². The summed E-state index contributed by atoms with van der Waals surface area (Å²) in [5, 5.41) is 17.8. The van der Waals surface area contributed by atoms with Crippen molar-refractivity contribution in [3.05, 3.63) is 120 Å². The summed E-state index contributed by atoms with van der Waals surface area (Å²) in [5.74, 6) is -3.71. The molecule has 0 unspecified atom stereocenters. The number of esters is 2. The molecule has 0 radical (unpaired) electrons. The van der Waals surface area contributed by atoms with E-state index in [1.165, 1.54) is 0 Å². The van der Waals surface area contributed by atoms with E-state index >= 15 is 0 Å². The first-order valence-corrected chi connectivity index (χ1v) is 16.0. The van der Waals surface area contributed by atoms with Crippen LogP contribution >= 0.6 is 0 Å². The highest BCUT2D eigenvalue weighted by molar-refractivity contribution is 5.90. The van der Waals surface area contributed by atoms with E-state index in [0.717, 1.165) is 11.1 Å². The van der Waals surface area contributed by atoms with Gasteiger partial charge in [-0.15, -0.1) is 0 Å². The Morgan fingerprint density at radius 2 is 1.39 bits per heavy atom. The summed E-state index contributed by atoms with van der Waals surface area (Å²) in [5.41, 5.74) is 2.39. The second-order valence-corrected chi connectivity index (χ2v) is 11.5. The number of benzene rings is 3. The monoisotopic (exact) mass is 671 g/mol. The Morgan fingerprint density at radius 1 is 0.816 bits per heavy atom. The fraction of sp³-hybridized carbons (Fsp3) is 0.324. The van der Waals surface area contributed by atoms with Crippen LogP contribution in [0.25, 0.3) is 0 Å². The molecule has 0 saturated carbocycles. The van der Waals surface area contributed by atoms with Crippen molar-refractivity contribution in [2.24, 2.45) is 5.92 Å². The van der Waals surface area contributed by atoms with Gasteiger partial charge in [0.25, 0.3) is 0 Å². The molecule has 258 valence electrons. The number of aliphatic hydroxyl groups excluding tert-OH is 1. The number of amides is 3. The molecule has 3 aromatic rings. The lowest BCUT2D eigenvalue weighted by Crippen LogP contribution is -2.50. The summed E-state index contributed by atoms with van der Waals surface area (Å²) in [4.78, 5) is 65.4. The molecule has 12 heteroatoms. The van der Waals surface area contributed by atoms with E-state index in [9.17, 15) is 29.1 Å². The molecular weight excluding hydrogens is 630 g/mol. The van der Waals surface area contributed by atoms with Gasteiger partial charge in [0.05, 0.1) is 18.6 Å². The third kappa shape index (κ3) is 12.6. The zero-order valence-corrected chi connectivity index (χ0v) is 27.0. The Hall–Kier alpha value is -5.49. The van der Waals surface area contributed by atoms with Crippen LogP contribution in [0.15, 0.2) is 103 Å². The first-order valence-electron chi connectivity index (χ1n) is 16.0. The maximum Gasteiger partial charge on any atom is 0.408 e. The number of allylic oxidation sites excluding steroid dienone is 1. The maximum atomic E-state index is 13.5. The minimum Gasteiger partial charge on any atom is -0.461 e. The lowest BCUT2D eigenvalue weighted by molar-refractivity contribution is -0.156. The summed E-state index contributed by atoms with van der Waals surface area (Å²) < 4.78 is 16.1. The van der Waals surface area contributed by atoms with Crippen molar-refractivity contribution in [2.45, 2.75) is 57.0 Å². The third-order valence-electron chi connectivity index (χ3n) is 7.68. The molecule has 4 atom stereocenters. The molecule has 3 amide bonds. The van der Waals surface area contributed by atoms with Crippen LogP contribution in [-0.4, -0.2) is 66.3 Å². The average molecular weight is 672 g/mol. The SMILES string of the molecule is O=C(C[C@H]1CC=CC[C@@H](NC(=O)OCc2ccccc2)C(=O)OC[C@H](C(=O)OCc2ccccc2)NC1=O)N[C@@H](CO)Cc1ccccc1. The molecule has 0 aliphatic carbocycles. The number of cyclic esters (lactones) is 1. The average Bonchev–Trinajstić information content (AvgIpc) is 3.12.